The van der Waals surface area contributed by atoms with Crippen LogP contribution >= 0.6 is 0 Å². The molecule has 2 aromatic rings. The SMILES string of the molecule is NNC(=O)c1ccc(Cn2cnc(N)n2)o1. The van der Waals surface area contributed by atoms with Gasteiger partial charge in [0.05, 0.1) is 0 Å². The third-order valence-electron chi connectivity index (χ3n) is 1.89. The Hall–Kier alpha value is -2.35. The standard InChI is InChI=1S/C8H10N6O2/c9-8-11-4-14(13-8)3-5-1-2-6(16-5)7(15)12-10/h1-2,4H,3,10H2,(H2,9,13)(H,12,15). The smallest absolute Gasteiger partial charge is 0.300 e. The summed E-state index contributed by atoms with van der Waals surface area (Å²) >= 11 is 0. The number of hydrogen-bond acceptors (Lipinski definition) is 6. The van der Waals surface area contributed by atoms with E-state index in [0.29, 0.717) is 12.3 Å². The van der Waals surface area contributed by atoms with Gasteiger partial charge in [0.2, 0.25) is 5.95 Å². The van der Waals surface area contributed by atoms with Crippen LogP contribution in [0.1, 0.15) is 16.3 Å². The zero-order chi connectivity index (χ0) is 11.5. The number of nitrogens with zero attached hydrogens (tertiary/aromatic N) is 3. The van der Waals surface area contributed by atoms with E-state index in [2.05, 4.69) is 10.1 Å². The minimum absolute atomic E-state index is 0.144. The van der Waals surface area contributed by atoms with Crippen LogP contribution in [0.15, 0.2) is 22.9 Å². The van der Waals surface area contributed by atoms with Crippen molar-refractivity contribution in [3.05, 3.63) is 30.0 Å². The molecule has 8 nitrogen and oxygen atoms in total. The van der Waals surface area contributed by atoms with Crippen LogP contribution in [0.2, 0.25) is 0 Å². The van der Waals surface area contributed by atoms with Crippen LogP contribution in [-0.2, 0) is 6.54 Å². The van der Waals surface area contributed by atoms with Crippen LogP contribution in [-0.4, -0.2) is 20.7 Å². The number of nitrogens with two attached hydrogens (primary N) is 2. The van der Waals surface area contributed by atoms with Gasteiger partial charge in [-0.25, -0.2) is 15.5 Å². The molecular formula is C8H10N6O2. The number of rotatable bonds is 3. The zero-order valence-electron chi connectivity index (χ0n) is 8.25. The second-order valence-electron chi connectivity index (χ2n) is 3.04. The minimum Gasteiger partial charge on any atom is -0.454 e. The van der Waals surface area contributed by atoms with Gasteiger partial charge >= 0.3 is 5.91 Å². The molecule has 8 heteroatoms. The van der Waals surface area contributed by atoms with Gasteiger partial charge in [-0.15, -0.1) is 5.10 Å². The average Bonchev–Trinajstić information content (AvgIpc) is 2.87. The molecule has 0 bridgehead atoms. The van der Waals surface area contributed by atoms with Gasteiger partial charge in [-0.2, -0.15) is 0 Å². The number of aromatic nitrogens is 3. The highest BCUT2D eigenvalue weighted by Gasteiger charge is 2.10. The molecule has 5 N–H and O–H groups in total. The predicted molar refractivity (Wildman–Crippen MR) is 53.9 cm³/mol. The number of hydrogen-bond donors (Lipinski definition) is 3. The van der Waals surface area contributed by atoms with E-state index in [1.165, 1.54) is 17.1 Å². The Labute approximate surface area is 90.2 Å². The lowest BCUT2D eigenvalue weighted by Gasteiger charge is -1.96. The molecule has 16 heavy (non-hydrogen) atoms. The molecule has 0 fully saturated rings. The summed E-state index contributed by atoms with van der Waals surface area (Å²) in [5.74, 6) is 5.37. The summed E-state index contributed by atoms with van der Waals surface area (Å²) in [6.07, 6.45) is 1.47. The largest absolute Gasteiger partial charge is 0.454 e. The Morgan fingerprint density at radius 1 is 1.56 bits per heavy atom. The van der Waals surface area contributed by atoms with Crippen molar-refractivity contribution in [1.82, 2.24) is 20.2 Å². The Kier molecular flexibility index (Phi) is 2.56. The van der Waals surface area contributed by atoms with Crippen LogP contribution in [0.5, 0.6) is 0 Å². The fourth-order valence-corrected chi connectivity index (χ4v) is 1.20. The molecule has 0 atom stereocenters. The van der Waals surface area contributed by atoms with Crippen molar-refractivity contribution in [2.45, 2.75) is 6.54 Å². The van der Waals surface area contributed by atoms with Gasteiger partial charge in [-0.05, 0) is 12.1 Å². The highest BCUT2D eigenvalue weighted by atomic mass is 16.4. The highest BCUT2D eigenvalue weighted by molar-refractivity contribution is 5.90. The van der Waals surface area contributed by atoms with Crippen molar-refractivity contribution in [3.8, 4) is 0 Å². The average molecular weight is 222 g/mol. The van der Waals surface area contributed by atoms with Crippen molar-refractivity contribution >= 4 is 11.9 Å². The first-order valence-electron chi connectivity index (χ1n) is 4.43. The molecule has 2 aromatic heterocycles. The molecule has 84 valence electrons. The number of nitrogens with one attached hydrogen (secondary N) is 1. The quantitative estimate of drug-likeness (QED) is 0.351. The molecule has 0 unspecified atom stereocenters. The molecule has 0 aliphatic heterocycles. The van der Waals surface area contributed by atoms with E-state index in [0.717, 1.165) is 0 Å². The second kappa shape index (κ2) is 4.03. The third-order valence-corrected chi connectivity index (χ3v) is 1.89. The van der Waals surface area contributed by atoms with Crippen molar-refractivity contribution in [1.29, 1.82) is 0 Å². The molecule has 0 aromatic carbocycles. The first-order valence-corrected chi connectivity index (χ1v) is 4.43. The summed E-state index contributed by atoms with van der Waals surface area (Å²) in [4.78, 5) is 14.9. The van der Waals surface area contributed by atoms with Crippen LogP contribution in [0.4, 0.5) is 5.95 Å². The van der Waals surface area contributed by atoms with Crippen molar-refractivity contribution in [2.75, 3.05) is 5.73 Å². The van der Waals surface area contributed by atoms with E-state index in [4.69, 9.17) is 16.0 Å². The maximum atomic E-state index is 11.1. The predicted octanol–water partition coefficient (Wildman–Crippen LogP) is -0.895. The van der Waals surface area contributed by atoms with Gasteiger partial charge in [0.15, 0.2) is 5.76 Å². The van der Waals surface area contributed by atoms with E-state index in [1.54, 1.807) is 6.07 Å². The maximum Gasteiger partial charge on any atom is 0.300 e. The summed E-state index contributed by atoms with van der Waals surface area (Å²) in [6.45, 7) is 0.349. The maximum absolute atomic E-state index is 11.1. The van der Waals surface area contributed by atoms with Gasteiger partial charge in [-0.3, -0.25) is 10.2 Å². The summed E-state index contributed by atoms with van der Waals surface area (Å²) < 4.78 is 6.73. The van der Waals surface area contributed by atoms with Crippen molar-refractivity contribution < 1.29 is 9.21 Å². The first kappa shape index (κ1) is 10.2. The van der Waals surface area contributed by atoms with E-state index >= 15 is 0 Å². The first-order chi connectivity index (χ1) is 7.69. The number of furan rings is 1. The lowest BCUT2D eigenvalue weighted by Crippen LogP contribution is -2.29. The van der Waals surface area contributed by atoms with Crippen LogP contribution < -0.4 is 17.0 Å². The molecule has 2 heterocycles. The topological polar surface area (TPSA) is 125 Å². The Morgan fingerprint density at radius 3 is 3.00 bits per heavy atom. The molecule has 0 saturated carbocycles. The van der Waals surface area contributed by atoms with Crippen LogP contribution in [0.25, 0.3) is 0 Å². The van der Waals surface area contributed by atoms with E-state index in [9.17, 15) is 4.79 Å². The molecule has 0 radical (unpaired) electrons. The van der Waals surface area contributed by atoms with E-state index < -0.39 is 5.91 Å². The number of carbonyl (C=O) groups is 1. The van der Waals surface area contributed by atoms with Gasteiger partial charge < -0.3 is 10.2 Å². The number of nitrogen functional groups attached to an aromatic ring is 2. The molecule has 2 rings (SSSR count). The van der Waals surface area contributed by atoms with Crippen molar-refractivity contribution in [2.24, 2.45) is 5.84 Å². The molecule has 0 aliphatic carbocycles. The second-order valence-corrected chi connectivity index (χ2v) is 3.04. The number of anilines is 1. The van der Waals surface area contributed by atoms with Gasteiger partial charge in [0.25, 0.3) is 0 Å². The third kappa shape index (κ3) is 2.01. The fraction of sp³-hybridized carbons (Fsp3) is 0.125. The van der Waals surface area contributed by atoms with Gasteiger partial charge in [0.1, 0.15) is 18.6 Å². The monoisotopic (exact) mass is 222 g/mol. The Bertz CT molecular complexity index is 502. The van der Waals surface area contributed by atoms with Crippen molar-refractivity contribution in [3.63, 3.8) is 0 Å². The lowest BCUT2D eigenvalue weighted by atomic mass is 10.4. The van der Waals surface area contributed by atoms with E-state index in [1.807, 2.05) is 5.43 Å². The fourth-order valence-electron chi connectivity index (χ4n) is 1.20. The van der Waals surface area contributed by atoms with Crippen LogP contribution in [0.3, 0.4) is 0 Å². The van der Waals surface area contributed by atoms with E-state index in [-0.39, 0.29) is 11.7 Å². The van der Waals surface area contributed by atoms with Gasteiger partial charge in [0, 0.05) is 0 Å². The zero-order valence-corrected chi connectivity index (χ0v) is 8.25. The normalized spacial score (nSPS) is 10.3. The number of hydrazine groups is 1. The van der Waals surface area contributed by atoms with Gasteiger partial charge in [-0.1, -0.05) is 0 Å². The van der Waals surface area contributed by atoms with Crippen LogP contribution in [0, 0.1) is 0 Å². The minimum atomic E-state index is -0.482. The highest BCUT2D eigenvalue weighted by Crippen LogP contribution is 2.09. The lowest BCUT2D eigenvalue weighted by molar-refractivity contribution is 0.0924. The summed E-state index contributed by atoms with van der Waals surface area (Å²) in [7, 11) is 0. The molecule has 0 saturated heterocycles. The molecule has 1 amide bonds. The molecule has 0 aliphatic rings. The molecular weight excluding hydrogens is 212 g/mol. The summed E-state index contributed by atoms with van der Waals surface area (Å²) in [5.41, 5.74) is 7.33. The Balaban J connectivity index is 2.11. The number of carbonyl (C=O) groups excluding carboxylic acids is 1. The summed E-state index contributed by atoms with van der Waals surface area (Å²) in [6, 6.07) is 3.18. The number of amides is 1. The molecule has 0 spiro atoms. The Morgan fingerprint density at radius 2 is 2.38 bits per heavy atom. The summed E-state index contributed by atoms with van der Waals surface area (Å²) in [5, 5.41) is 3.88.